The van der Waals surface area contributed by atoms with E-state index in [0.717, 1.165) is 12.0 Å². The van der Waals surface area contributed by atoms with Crippen molar-refractivity contribution in [2.75, 3.05) is 7.11 Å². The number of rotatable bonds is 6. The Morgan fingerprint density at radius 1 is 1.14 bits per heavy atom. The molecular weight excluding hydrogens is 287 g/mol. The first-order chi connectivity index (χ1) is 10.2. The van der Waals surface area contributed by atoms with Gasteiger partial charge in [-0.2, -0.15) is 0 Å². The Labute approximate surface area is 130 Å². The van der Waals surface area contributed by atoms with Crippen LogP contribution in [0, 0.1) is 5.82 Å². The number of alkyl halides is 1. The minimum atomic E-state index is -0.490. The van der Waals surface area contributed by atoms with Gasteiger partial charge in [-0.1, -0.05) is 43.7 Å². The van der Waals surface area contributed by atoms with Gasteiger partial charge in [-0.05, 0) is 30.0 Å². The van der Waals surface area contributed by atoms with E-state index in [1.165, 1.54) is 31.6 Å². The summed E-state index contributed by atoms with van der Waals surface area (Å²) in [5.74, 6) is 0.152. The average Bonchev–Trinajstić information content (AvgIpc) is 2.52. The number of methoxy groups -OCH3 is 1. The third-order valence-corrected chi connectivity index (χ3v) is 4.06. The van der Waals surface area contributed by atoms with Crippen molar-refractivity contribution >= 4 is 11.6 Å². The molecular formula is C18H20ClFO. The van der Waals surface area contributed by atoms with Gasteiger partial charge in [0.15, 0.2) is 0 Å². The molecule has 0 bridgehead atoms. The van der Waals surface area contributed by atoms with Crippen LogP contribution in [0.3, 0.4) is 0 Å². The lowest BCUT2D eigenvalue weighted by atomic mass is 10.0. The predicted octanol–water partition coefficient (Wildman–Crippen LogP) is 5.51. The summed E-state index contributed by atoms with van der Waals surface area (Å²) in [5.41, 5.74) is 2.67. The SMILES string of the molecule is CCCCc1ccc(C(Cl)c2ccc(OC)cc2F)cc1. The van der Waals surface area contributed by atoms with E-state index in [-0.39, 0.29) is 5.82 Å². The maximum Gasteiger partial charge on any atom is 0.131 e. The molecule has 0 aliphatic carbocycles. The van der Waals surface area contributed by atoms with Crippen LogP contribution < -0.4 is 4.74 Å². The number of benzene rings is 2. The summed E-state index contributed by atoms with van der Waals surface area (Å²) in [4.78, 5) is 0. The monoisotopic (exact) mass is 306 g/mol. The smallest absolute Gasteiger partial charge is 0.131 e. The molecule has 2 aromatic rings. The van der Waals surface area contributed by atoms with Gasteiger partial charge in [0.05, 0.1) is 12.5 Å². The van der Waals surface area contributed by atoms with Crippen molar-refractivity contribution in [3.63, 3.8) is 0 Å². The summed E-state index contributed by atoms with van der Waals surface area (Å²) in [6, 6.07) is 12.9. The first-order valence-corrected chi connectivity index (χ1v) is 7.65. The topological polar surface area (TPSA) is 9.23 Å². The van der Waals surface area contributed by atoms with Crippen LogP contribution in [0.4, 0.5) is 4.39 Å². The zero-order chi connectivity index (χ0) is 15.2. The Bertz CT molecular complexity index is 580. The van der Waals surface area contributed by atoms with E-state index < -0.39 is 5.38 Å². The first kappa shape index (κ1) is 15.8. The molecule has 0 spiro atoms. The highest BCUT2D eigenvalue weighted by atomic mass is 35.5. The summed E-state index contributed by atoms with van der Waals surface area (Å²) >= 11 is 6.41. The quantitative estimate of drug-likeness (QED) is 0.640. The molecule has 2 rings (SSSR count). The zero-order valence-electron chi connectivity index (χ0n) is 12.4. The summed E-state index contributed by atoms with van der Waals surface area (Å²) in [6.45, 7) is 2.18. The first-order valence-electron chi connectivity index (χ1n) is 7.22. The van der Waals surface area contributed by atoms with Crippen molar-refractivity contribution in [2.45, 2.75) is 31.6 Å². The van der Waals surface area contributed by atoms with Gasteiger partial charge in [0.1, 0.15) is 11.6 Å². The molecule has 3 heteroatoms. The van der Waals surface area contributed by atoms with Crippen LogP contribution >= 0.6 is 11.6 Å². The number of aryl methyl sites for hydroxylation is 1. The molecule has 0 saturated carbocycles. The van der Waals surface area contributed by atoms with Crippen LogP contribution in [-0.2, 0) is 6.42 Å². The zero-order valence-corrected chi connectivity index (χ0v) is 13.2. The molecule has 1 unspecified atom stereocenters. The maximum atomic E-state index is 14.1. The van der Waals surface area contributed by atoms with Crippen LogP contribution in [0.2, 0.25) is 0 Å². The Morgan fingerprint density at radius 2 is 1.86 bits per heavy atom. The number of ether oxygens (including phenoxy) is 1. The minimum absolute atomic E-state index is 0.343. The van der Waals surface area contributed by atoms with E-state index in [2.05, 4.69) is 19.1 Å². The van der Waals surface area contributed by atoms with Crippen LogP contribution in [0.1, 0.15) is 41.8 Å². The van der Waals surface area contributed by atoms with Crippen molar-refractivity contribution in [3.05, 3.63) is 65.0 Å². The molecule has 0 aromatic heterocycles. The van der Waals surface area contributed by atoms with Crippen molar-refractivity contribution < 1.29 is 9.13 Å². The molecule has 0 amide bonds. The van der Waals surface area contributed by atoms with Crippen molar-refractivity contribution in [2.24, 2.45) is 0 Å². The summed E-state index contributed by atoms with van der Waals surface area (Å²) in [6.07, 6.45) is 3.42. The molecule has 0 aliphatic heterocycles. The second kappa shape index (κ2) is 7.46. The Morgan fingerprint density at radius 3 is 2.43 bits per heavy atom. The molecule has 21 heavy (non-hydrogen) atoms. The highest BCUT2D eigenvalue weighted by Gasteiger charge is 2.15. The Kier molecular flexibility index (Phi) is 5.63. The van der Waals surface area contributed by atoms with Gasteiger partial charge in [-0.25, -0.2) is 4.39 Å². The van der Waals surface area contributed by atoms with Gasteiger partial charge >= 0.3 is 0 Å². The lowest BCUT2D eigenvalue weighted by Gasteiger charge is -2.13. The van der Waals surface area contributed by atoms with Crippen LogP contribution in [0.25, 0.3) is 0 Å². The van der Waals surface area contributed by atoms with E-state index >= 15 is 0 Å². The van der Waals surface area contributed by atoms with Crippen molar-refractivity contribution in [3.8, 4) is 5.75 Å². The predicted molar refractivity (Wildman–Crippen MR) is 85.7 cm³/mol. The minimum Gasteiger partial charge on any atom is -0.497 e. The maximum absolute atomic E-state index is 14.1. The fraction of sp³-hybridized carbons (Fsp3) is 0.333. The molecule has 0 aliphatic rings. The average molecular weight is 307 g/mol. The van der Waals surface area contributed by atoms with Gasteiger partial charge in [-0.3, -0.25) is 0 Å². The highest BCUT2D eigenvalue weighted by Crippen LogP contribution is 2.32. The number of halogens is 2. The molecule has 0 heterocycles. The van der Waals surface area contributed by atoms with E-state index in [1.807, 2.05) is 12.1 Å². The third-order valence-electron chi connectivity index (χ3n) is 3.57. The van der Waals surface area contributed by atoms with Crippen LogP contribution in [-0.4, -0.2) is 7.11 Å². The standard InChI is InChI=1S/C18H20ClFO/c1-3-4-5-13-6-8-14(9-7-13)18(19)16-11-10-15(21-2)12-17(16)20/h6-12,18H,3-5H2,1-2H3. The normalized spacial score (nSPS) is 12.2. The highest BCUT2D eigenvalue weighted by molar-refractivity contribution is 6.22. The number of hydrogen-bond acceptors (Lipinski definition) is 1. The number of hydrogen-bond donors (Lipinski definition) is 0. The lowest BCUT2D eigenvalue weighted by Crippen LogP contribution is -1.98. The molecule has 0 radical (unpaired) electrons. The molecule has 2 aromatic carbocycles. The van der Waals surface area contributed by atoms with Crippen LogP contribution in [0.15, 0.2) is 42.5 Å². The Hall–Kier alpha value is -1.54. The molecule has 0 saturated heterocycles. The fourth-order valence-electron chi connectivity index (χ4n) is 2.25. The largest absolute Gasteiger partial charge is 0.497 e. The van der Waals surface area contributed by atoms with Gasteiger partial charge in [0.25, 0.3) is 0 Å². The van der Waals surface area contributed by atoms with Gasteiger partial charge < -0.3 is 4.74 Å². The van der Waals surface area contributed by atoms with Crippen molar-refractivity contribution in [1.82, 2.24) is 0 Å². The number of unbranched alkanes of at least 4 members (excludes halogenated alkanes) is 1. The van der Waals surface area contributed by atoms with Gasteiger partial charge in [0.2, 0.25) is 0 Å². The lowest BCUT2D eigenvalue weighted by molar-refractivity contribution is 0.410. The van der Waals surface area contributed by atoms with Crippen LogP contribution in [0.5, 0.6) is 5.75 Å². The van der Waals surface area contributed by atoms with E-state index in [9.17, 15) is 4.39 Å². The van der Waals surface area contributed by atoms with Gasteiger partial charge in [0, 0.05) is 11.6 Å². The van der Waals surface area contributed by atoms with Crippen molar-refractivity contribution in [1.29, 1.82) is 0 Å². The molecule has 112 valence electrons. The van der Waals surface area contributed by atoms with E-state index in [4.69, 9.17) is 16.3 Å². The second-order valence-corrected chi connectivity index (χ2v) is 5.53. The molecule has 0 fully saturated rings. The van der Waals surface area contributed by atoms with Gasteiger partial charge in [-0.15, -0.1) is 11.6 Å². The Balaban J connectivity index is 2.17. The summed E-state index contributed by atoms with van der Waals surface area (Å²) < 4.78 is 19.1. The fourth-order valence-corrected chi connectivity index (χ4v) is 2.58. The van der Waals surface area contributed by atoms with E-state index in [1.54, 1.807) is 12.1 Å². The molecule has 1 atom stereocenters. The second-order valence-electron chi connectivity index (χ2n) is 5.10. The molecule has 1 nitrogen and oxygen atoms in total. The molecule has 0 N–H and O–H groups in total. The summed E-state index contributed by atoms with van der Waals surface area (Å²) in [7, 11) is 1.52. The summed E-state index contributed by atoms with van der Waals surface area (Å²) in [5, 5.41) is -0.490. The van der Waals surface area contributed by atoms with E-state index in [0.29, 0.717) is 11.3 Å². The third kappa shape index (κ3) is 3.98.